The maximum absolute atomic E-state index is 9.91. The SMILES string of the molecule is COc1ccc(CN2C[C@@H](CO)[C@@H](CN3CCCC3)C2)cc1O. The average molecular weight is 320 g/mol. The van der Waals surface area contributed by atoms with Crippen molar-refractivity contribution in [2.24, 2.45) is 11.8 Å². The molecule has 0 amide bonds. The fourth-order valence-electron chi connectivity index (χ4n) is 3.97. The van der Waals surface area contributed by atoms with Gasteiger partial charge in [0.1, 0.15) is 0 Å². The number of methoxy groups -OCH3 is 1. The van der Waals surface area contributed by atoms with Gasteiger partial charge in [0, 0.05) is 32.8 Å². The molecule has 5 heteroatoms. The summed E-state index contributed by atoms with van der Waals surface area (Å²) in [6.07, 6.45) is 2.62. The van der Waals surface area contributed by atoms with E-state index in [0.717, 1.165) is 31.7 Å². The van der Waals surface area contributed by atoms with Gasteiger partial charge in [-0.15, -0.1) is 0 Å². The van der Waals surface area contributed by atoms with Gasteiger partial charge in [0.15, 0.2) is 11.5 Å². The van der Waals surface area contributed by atoms with E-state index in [4.69, 9.17) is 4.74 Å². The molecule has 2 fully saturated rings. The van der Waals surface area contributed by atoms with Gasteiger partial charge in [-0.2, -0.15) is 0 Å². The minimum absolute atomic E-state index is 0.191. The molecule has 1 aromatic carbocycles. The summed E-state index contributed by atoms with van der Waals surface area (Å²) in [6.45, 7) is 6.56. The minimum atomic E-state index is 0.191. The van der Waals surface area contributed by atoms with E-state index in [0.29, 0.717) is 17.6 Å². The Balaban J connectivity index is 1.59. The van der Waals surface area contributed by atoms with Crippen LogP contribution in [0.2, 0.25) is 0 Å². The number of aliphatic hydroxyl groups is 1. The molecule has 1 aromatic rings. The molecule has 0 aromatic heterocycles. The second-order valence-electron chi connectivity index (χ2n) is 6.91. The van der Waals surface area contributed by atoms with Gasteiger partial charge in [-0.3, -0.25) is 4.90 Å². The van der Waals surface area contributed by atoms with E-state index in [1.807, 2.05) is 12.1 Å². The molecule has 0 saturated carbocycles. The number of phenolic OH excluding ortho intramolecular Hbond substituents is 1. The summed E-state index contributed by atoms with van der Waals surface area (Å²) < 4.78 is 5.09. The van der Waals surface area contributed by atoms with Gasteiger partial charge in [0.05, 0.1) is 7.11 Å². The number of hydrogen-bond donors (Lipinski definition) is 2. The van der Waals surface area contributed by atoms with Crippen LogP contribution in [-0.4, -0.2) is 66.5 Å². The van der Waals surface area contributed by atoms with E-state index < -0.39 is 0 Å². The van der Waals surface area contributed by atoms with Crippen LogP contribution in [-0.2, 0) is 6.54 Å². The lowest BCUT2D eigenvalue weighted by atomic mass is 9.96. The number of rotatable bonds is 6. The van der Waals surface area contributed by atoms with Gasteiger partial charge in [-0.05, 0) is 55.5 Å². The molecule has 2 aliphatic rings. The molecule has 0 spiro atoms. The van der Waals surface area contributed by atoms with Crippen molar-refractivity contribution in [1.29, 1.82) is 0 Å². The molecule has 0 unspecified atom stereocenters. The van der Waals surface area contributed by atoms with E-state index in [2.05, 4.69) is 9.80 Å². The molecule has 2 aliphatic heterocycles. The van der Waals surface area contributed by atoms with E-state index in [1.54, 1.807) is 13.2 Å². The highest BCUT2D eigenvalue weighted by molar-refractivity contribution is 5.41. The minimum Gasteiger partial charge on any atom is -0.504 e. The summed E-state index contributed by atoms with van der Waals surface area (Å²) >= 11 is 0. The third-order valence-corrected chi connectivity index (χ3v) is 5.23. The molecular weight excluding hydrogens is 292 g/mol. The second kappa shape index (κ2) is 7.51. The van der Waals surface area contributed by atoms with Gasteiger partial charge in [-0.1, -0.05) is 6.07 Å². The van der Waals surface area contributed by atoms with E-state index in [-0.39, 0.29) is 12.4 Å². The van der Waals surface area contributed by atoms with Crippen LogP contribution in [0.5, 0.6) is 11.5 Å². The van der Waals surface area contributed by atoms with E-state index in [1.165, 1.54) is 25.9 Å². The molecule has 128 valence electrons. The molecule has 2 heterocycles. The van der Waals surface area contributed by atoms with Gasteiger partial charge in [-0.25, -0.2) is 0 Å². The quantitative estimate of drug-likeness (QED) is 0.833. The molecule has 0 bridgehead atoms. The summed E-state index contributed by atoms with van der Waals surface area (Å²) in [5.41, 5.74) is 1.09. The third-order valence-electron chi connectivity index (χ3n) is 5.23. The average Bonchev–Trinajstić information content (AvgIpc) is 3.18. The molecule has 3 rings (SSSR count). The van der Waals surface area contributed by atoms with Crippen molar-refractivity contribution in [3.8, 4) is 11.5 Å². The highest BCUT2D eigenvalue weighted by Crippen LogP contribution is 2.30. The Morgan fingerprint density at radius 2 is 1.87 bits per heavy atom. The lowest BCUT2D eigenvalue weighted by Gasteiger charge is -2.23. The predicted octanol–water partition coefficient (Wildman–Crippen LogP) is 1.54. The smallest absolute Gasteiger partial charge is 0.160 e. The van der Waals surface area contributed by atoms with Crippen molar-refractivity contribution in [2.45, 2.75) is 19.4 Å². The zero-order valence-electron chi connectivity index (χ0n) is 13.9. The Bertz CT molecular complexity index is 517. The molecule has 2 N–H and O–H groups in total. The Hall–Kier alpha value is -1.30. The normalized spacial score (nSPS) is 26.0. The van der Waals surface area contributed by atoms with Crippen molar-refractivity contribution >= 4 is 0 Å². The van der Waals surface area contributed by atoms with Gasteiger partial charge < -0.3 is 19.8 Å². The monoisotopic (exact) mass is 320 g/mol. The van der Waals surface area contributed by atoms with Crippen LogP contribution in [0.15, 0.2) is 18.2 Å². The lowest BCUT2D eigenvalue weighted by Crippen LogP contribution is -2.31. The first kappa shape index (κ1) is 16.6. The largest absolute Gasteiger partial charge is 0.504 e. The molecule has 2 saturated heterocycles. The first-order valence-corrected chi connectivity index (χ1v) is 8.61. The fourth-order valence-corrected chi connectivity index (χ4v) is 3.97. The maximum Gasteiger partial charge on any atom is 0.160 e. The van der Waals surface area contributed by atoms with Crippen molar-refractivity contribution < 1.29 is 14.9 Å². The van der Waals surface area contributed by atoms with Crippen molar-refractivity contribution in [1.82, 2.24) is 9.80 Å². The molecule has 23 heavy (non-hydrogen) atoms. The van der Waals surface area contributed by atoms with Crippen LogP contribution in [0.1, 0.15) is 18.4 Å². The van der Waals surface area contributed by atoms with Crippen molar-refractivity contribution in [2.75, 3.05) is 46.4 Å². The second-order valence-corrected chi connectivity index (χ2v) is 6.91. The van der Waals surface area contributed by atoms with Gasteiger partial charge in [0.2, 0.25) is 0 Å². The summed E-state index contributed by atoms with van der Waals surface area (Å²) in [5.74, 6) is 1.61. The first-order chi connectivity index (χ1) is 11.2. The molecule has 5 nitrogen and oxygen atoms in total. The number of likely N-dealkylation sites (tertiary alicyclic amines) is 2. The summed E-state index contributed by atoms with van der Waals surface area (Å²) in [5, 5.41) is 19.6. The highest BCUT2D eigenvalue weighted by atomic mass is 16.5. The number of aromatic hydroxyl groups is 1. The number of phenols is 1. The standard InChI is InChI=1S/C18H28N2O3/c1-23-18-5-4-14(8-17(18)22)9-20-11-15(16(12-20)13-21)10-19-6-2-3-7-19/h4-5,8,15-16,21-22H,2-3,6-7,9-13H2,1H3/t15-,16-/m0/s1. The zero-order chi connectivity index (χ0) is 16.2. The predicted molar refractivity (Wildman–Crippen MR) is 89.7 cm³/mol. The van der Waals surface area contributed by atoms with Crippen molar-refractivity contribution in [3.05, 3.63) is 23.8 Å². The number of ether oxygens (including phenoxy) is 1. The van der Waals surface area contributed by atoms with Crippen LogP contribution in [0, 0.1) is 11.8 Å². The topological polar surface area (TPSA) is 56.2 Å². The third kappa shape index (κ3) is 3.97. The summed E-state index contributed by atoms with van der Waals surface area (Å²) in [4.78, 5) is 4.93. The van der Waals surface area contributed by atoms with Crippen LogP contribution in [0.3, 0.4) is 0 Å². The molecule has 0 radical (unpaired) electrons. The Kier molecular flexibility index (Phi) is 5.41. The fraction of sp³-hybridized carbons (Fsp3) is 0.667. The van der Waals surface area contributed by atoms with E-state index in [9.17, 15) is 10.2 Å². The van der Waals surface area contributed by atoms with Gasteiger partial charge >= 0.3 is 0 Å². The summed E-state index contributed by atoms with van der Waals surface area (Å²) in [6, 6.07) is 5.59. The Morgan fingerprint density at radius 1 is 1.13 bits per heavy atom. The van der Waals surface area contributed by atoms with Crippen molar-refractivity contribution in [3.63, 3.8) is 0 Å². The Labute approximate surface area is 138 Å². The molecule has 2 atom stereocenters. The molecular formula is C18H28N2O3. The van der Waals surface area contributed by atoms with E-state index >= 15 is 0 Å². The summed E-state index contributed by atoms with van der Waals surface area (Å²) in [7, 11) is 1.56. The maximum atomic E-state index is 9.91. The van der Waals surface area contributed by atoms with Crippen LogP contribution in [0.4, 0.5) is 0 Å². The Morgan fingerprint density at radius 3 is 2.52 bits per heavy atom. The van der Waals surface area contributed by atoms with Crippen LogP contribution in [0.25, 0.3) is 0 Å². The number of hydrogen-bond acceptors (Lipinski definition) is 5. The number of aliphatic hydroxyl groups excluding tert-OH is 1. The lowest BCUT2D eigenvalue weighted by molar-refractivity contribution is 0.175. The number of nitrogens with zero attached hydrogens (tertiary/aromatic N) is 2. The molecule has 0 aliphatic carbocycles. The first-order valence-electron chi connectivity index (χ1n) is 8.61. The van der Waals surface area contributed by atoms with Crippen LogP contribution < -0.4 is 4.74 Å². The van der Waals surface area contributed by atoms with Gasteiger partial charge in [0.25, 0.3) is 0 Å². The zero-order valence-corrected chi connectivity index (χ0v) is 13.9. The number of benzene rings is 1. The van der Waals surface area contributed by atoms with Crippen LogP contribution >= 0.6 is 0 Å². The highest BCUT2D eigenvalue weighted by Gasteiger charge is 2.33.